The molecule has 1 saturated carbocycles. The number of rotatable bonds is 5. The van der Waals surface area contributed by atoms with Gasteiger partial charge in [-0.2, -0.15) is 0 Å². The second-order valence-electron chi connectivity index (χ2n) is 7.13. The predicted octanol–water partition coefficient (Wildman–Crippen LogP) is 1.32. The Morgan fingerprint density at radius 3 is 2.42 bits per heavy atom. The molecule has 0 atom stereocenters. The molecule has 2 aliphatic rings. The van der Waals surface area contributed by atoms with E-state index in [-0.39, 0.29) is 11.4 Å². The third kappa shape index (κ3) is 3.67. The highest BCUT2D eigenvalue weighted by Crippen LogP contribution is 2.44. The number of hydrogen-bond acceptors (Lipinski definition) is 6. The van der Waals surface area contributed by atoms with Gasteiger partial charge in [0.25, 0.3) is 0 Å². The van der Waals surface area contributed by atoms with Crippen molar-refractivity contribution in [1.82, 2.24) is 25.2 Å². The molecule has 26 heavy (non-hydrogen) atoms. The summed E-state index contributed by atoms with van der Waals surface area (Å²) in [5.41, 5.74) is 1.96. The summed E-state index contributed by atoms with van der Waals surface area (Å²) in [6.45, 7) is 6.28. The quantitative estimate of drug-likeness (QED) is 0.875. The van der Waals surface area contributed by atoms with Crippen molar-refractivity contribution in [3.63, 3.8) is 0 Å². The van der Waals surface area contributed by atoms with Crippen molar-refractivity contribution in [2.45, 2.75) is 31.8 Å². The molecule has 0 bridgehead atoms. The maximum atomic E-state index is 11.4. The van der Waals surface area contributed by atoms with Gasteiger partial charge in [-0.25, -0.2) is 9.97 Å². The van der Waals surface area contributed by atoms with E-state index < -0.39 is 0 Å². The molecule has 136 valence electrons. The minimum atomic E-state index is -0.217. The zero-order valence-electron chi connectivity index (χ0n) is 15.1. The molecule has 0 spiro atoms. The van der Waals surface area contributed by atoms with Crippen LogP contribution in [0.5, 0.6) is 0 Å². The van der Waals surface area contributed by atoms with Crippen LogP contribution in [0.3, 0.4) is 0 Å². The molecule has 1 N–H and O–H groups in total. The van der Waals surface area contributed by atoms with E-state index in [2.05, 4.69) is 42.2 Å². The highest BCUT2D eigenvalue weighted by molar-refractivity contribution is 5.74. The van der Waals surface area contributed by atoms with Crippen molar-refractivity contribution in [2.24, 2.45) is 0 Å². The fourth-order valence-electron chi connectivity index (χ4n) is 3.53. The molecule has 0 aromatic carbocycles. The van der Waals surface area contributed by atoms with Gasteiger partial charge < -0.3 is 10.2 Å². The Morgan fingerprint density at radius 1 is 1.12 bits per heavy atom. The molecule has 0 unspecified atom stereocenters. The van der Waals surface area contributed by atoms with Crippen LogP contribution < -0.4 is 10.2 Å². The largest absolute Gasteiger partial charge is 0.345 e. The van der Waals surface area contributed by atoms with Crippen molar-refractivity contribution >= 4 is 11.9 Å². The number of piperazine rings is 1. The molecule has 2 fully saturated rings. The van der Waals surface area contributed by atoms with Crippen LogP contribution >= 0.6 is 0 Å². The summed E-state index contributed by atoms with van der Waals surface area (Å²) in [4.78, 5) is 29.3. The van der Waals surface area contributed by atoms with Gasteiger partial charge in [0, 0.05) is 58.2 Å². The molecule has 1 aliphatic carbocycles. The fraction of sp³-hybridized carbons (Fsp3) is 0.474. The van der Waals surface area contributed by atoms with Crippen LogP contribution in [0.15, 0.2) is 36.8 Å². The predicted molar refractivity (Wildman–Crippen MR) is 98.5 cm³/mol. The number of carbonyl (C=O) groups excluding carboxylic acids is 1. The lowest BCUT2D eigenvalue weighted by Crippen LogP contribution is -2.46. The SMILES string of the molecule is CC(=O)NC1(c2ccc(CN3CCN(c4ncccn4)CC3)cn2)CC1. The summed E-state index contributed by atoms with van der Waals surface area (Å²) in [7, 11) is 0. The van der Waals surface area contributed by atoms with Gasteiger partial charge in [-0.15, -0.1) is 0 Å². The van der Waals surface area contributed by atoms with Crippen LogP contribution in [0.25, 0.3) is 0 Å². The molecule has 0 radical (unpaired) electrons. The molecule has 3 heterocycles. The van der Waals surface area contributed by atoms with Crippen LogP contribution in [0.4, 0.5) is 5.95 Å². The second kappa shape index (κ2) is 6.99. The van der Waals surface area contributed by atoms with Gasteiger partial charge in [0.1, 0.15) is 0 Å². The van der Waals surface area contributed by atoms with Crippen LogP contribution in [0.1, 0.15) is 31.0 Å². The second-order valence-corrected chi connectivity index (χ2v) is 7.13. The lowest BCUT2D eigenvalue weighted by atomic mass is 10.1. The summed E-state index contributed by atoms with van der Waals surface area (Å²) in [5.74, 6) is 0.819. The van der Waals surface area contributed by atoms with Gasteiger partial charge >= 0.3 is 0 Å². The summed E-state index contributed by atoms with van der Waals surface area (Å²) < 4.78 is 0. The van der Waals surface area contributed by atoms with Gasteiger partial charge in [-0.1, -0.05) is 6.07 Å². The number of amides is 1. The summed E-state index contributed by atoms with van der Waals surface area (Å²) >= 11 is 0. The van der Waals surface area contributed by atoms with Gasteiger partial charge in [0.2, 0.25) is 11.9 Å². The number of nitrogens with zero attached hydrogens (tertiary/aromatic N) is 5. The average molecular weight is 352 g/mol. The van der Waals surface area contributed by atoms with Crippen molar-refractivity contribution in [3.8, 4) is 0 Å². The van der Waals surface area contributed by atoms with Crippen molar-refractivity contribution in [3.05, 3.63) is 48.0 Å². The number of anilines is 1. The van der Waals surface area contributed by atoms with E-state index in [1.807, 2.05) is 12.3 Å². The molecular formula is C19H24N6O. The minimum absolute atomic E-state index is 0.00800. The fourth-order valence-corrected chi connectivity index (χ4v) is 3.53. The zero-order valence-corrected chi connectivity index (χ0v) is 15.1. The van der Waals surface area contributed by atoms with E-state index in [1.165, 1.54) is 5.56 Å². The Labute approximate surface area is 153 Å². The number of hydrogen-bond donors (Lipinski definition) is 1. The first-order valence-corrected chi connectivity index (χ1v) is 9.13. The summed E-state index contributed by atoms with van der Waals surface area (Å²) in [5, 5.41) is 3.04. The third-order valence-corrected chi connectivity index (χ3v) is 5.09. The topological polar surface area (TPSA) is 74.2 Å². The molecule has 7 heteroatoms. The third-order valence-electron chi connectivity index (χ3n) is 5.09. The van der Waals surface area contributed by atoms with Crippen LogP contribution in [0, 0.1) is 0 Å². The first-order valence-electron chi connectivity index (χ1n) is 9.13. The Bertz CT molecular complexity index is 751. The normalized spacial score (nSPS) is 19.2. The molecule has 7 nitrogen and oxygen atoms in total. The van der Waals surface area contributed by atoms with E-state index in [1.54, 1.807) is 19.3 Å². The molecule has 1 aliphatic heterocycles. The lowest BCUT2D eigenvalue weighted by molar-refractivity contribution is -0.120. The van der Waals surface area contributed by atoms with Gasteiger partial charge in [0.05, 0.1) is 11.2 Å². The summed E-state index contributed by atoms with van der Waals surface area (Å²) in [6.07, 6.45) is 7.47. The molecule has 1 amide bonds. The zero-order chi connectivity index (χ0) is 18.0. The number of nitrogens with one attached hydrogen (secondary N) is 1. The molecule has 2 aromatic rings. The lowest BCUT2D eigenvalue weighted by Gasteiger charge is -2.34. The number of pyridine rings is 1. The van der Waals surface area contributed by atoms with Gasteiger partial charge in [-0.3, -0.25) is 14.7 Å². The Balaban J connectivity index is 1.32. The minimum Gasteiger partial charge on any atom is -0.345 e. The standard InChI is InChI=1S/C19H24N6O/c1-15(26)23-19(5-6-19)17-4-3-16(13-22-17)14-24-9-11-25(12-10-24)18-20-7-2-8-21-18/h2-4,7-8,13H,5-6,9-12,14H2,1H3,(H,23,26). The van der Waals surface area contributed by atoms with E-state index >= 15 is 0 Å². The highest BCUT2D eigenvalue weighted by atomic mass is 16.1. The number of carbonyl (C=O) groups is 1. The van der Waals surface area contributed by atoms with Crippen LogP contribution in [-0.4, -0.2) is 51.9 Å². The van der Waals surface area contributed by atoms with E-state index in [0.717, 1.165) is 57.2 Å². The molecule has 1 saturated heterocycles. The van der Waals surface area contributed by atoms with Crippen LogP contribution in [0.2, 0.25) is 0 Å². The van der Waals surface area contributed by atoms with E-state index in [4.69, 9.17) is 0 Å². The highest BCUT2D eigenvalue weighted by Gasteiger charge is 2.46. The first-order chi connectivity index (χ1) is 12.6. The van der Waals surface area contributed by atoms with E-state index in [9.17, 15) is 4.79 Å². The van der Waals surface area contributed by atoms with Gasteiger partial charge in [0.15, 0.2) is 0 Å². The van der Waals surface area contributed by atoms with Crippen molar-refractivity contribution in [1.29, 1.82) is 0 Å². The Morgan fingerprint density at radius 2 is 1.85 bits per heavy atom. The molecule has 4 rings (SSSR count). The number of aromatic nitrogens is 3. The van der Waals surface area contributed by atoms with Crippen LogP contribution in [-0.2, 0) is 16.9 Å². The molecule has 2 aromatic heterocycles. The van der Waals surface area contributed by atoms with Gasteiger partial charge in [-0.05, 0) is 30.5 Å². The molecular weight excluding hydrogens is 328 g/mol. The maximum absolute atomic E-state index is 11.4. The average Bonchev–Trinajstić information content (AvgIpc) is 3.43. The van der Waals surface area contributed by atoms with Crippen molar-refractivity contribution < 1.29 is 4.79 Å². The summed E-state index contributed by atoms with van der Waals surface area (Å²) in [6, 6.07) is 6.04. The smallest absolute Gasteiger partial charge is 0.225 e. The van der Waals surface area contributed by atoms with E-state index in [0.29, 0.717) is 0 Å². The Kier molecular flexibility index (Phi) is 4.55. The first kappa shape index (κ1) is 16.9. The van der Waals surface area contributed by atoms with Crippen molar-refractivity contribution in [2.75, 3.05) is 31.1 Å². The Hall–Kier alpha value is -2.54. The maximum Gasteiger partial charge on any atom is 0.225 e. The monoisotopic (exact) mass is 352 g/mol.